The van der Waals surface area contributed by atoms with E-state index in [-0.39, 0.29) is 10.9 Å². The lowest BCUT2D eigenvalue weighted by molar-refractivity contribution is 0.0948. The maximum absolute atomic E-state index is 11.3. The maximum Gasteiger partial charge on any atom is 0.287 e. The Balaban J connectivity index is 1.89. The summed E-state index contributed by atoms with van der Waals surface area (Å²) >= 11 is 1.32. The molecule has 0 unspecified atom stereocenters. The molecule has 0 atom stereocenters. The van der Waals surface area contributed by atoms with Crippen LogP contribution in [0.1, 0.15) is 10.5 Å². The Hall–Kier alpha value is -1.61. The number of carbonyl (C=O) groups excluding carboxylic acids is 2. The van der Waals surface area contributed by atoms with Crippen molar-refractivity contribution in [2.24, 2.45) is 5.84 Å². The van der Waals surface area contributed by atoms with Gasteiger partial charge in [0.2, 0.25) is 0 Å². The molecular weight excluding hydrogens is 244 g/mol. The molecular formula is C8H12N6O2S. The molecule has 1 aliphatic heterocycles. The smallest absolute Gasteiger partial charge is 0.287 e. The van der Waals surface area contributed by atoms with Crippen molar-refractivity contribution in [3.63, 3.8) is 0 Å². The summed E-state index contributed by atoms with van der Waals surface area (Å²) < 4.78 is 1.51. The summed E-state index contributed by atoms with van der Waals surface area (Å²) in [5.41, 5.74) is 2.14. The van der Waals surface area contributed by atoms with Gasteiger partial charge in [0.1, 0.15) is 0 Å². The van der Waals surface area contributed by atoms with Gasteiger partial charge in [-0.2, -0.15) is 0 Å². The minimum atomic E-state index is -0.482. The van der Waals surface area contributed by atoms with Crippen molar-refractivity contribution >= 4 is 22.9 Å². The first-order chi connectivity index (χ1) is 8.20. The highest BCUT2D eigenvalue weighted by atomic mass is 32.2. The summed E-state index contributed by atoms with van der Waals surface area (Å²) in [7, 11) is 0. The quantitative estimate of drug-likeness (QED) is 0.409. The summed E-state index contributed by atoms with van der Waals surface area (Å²) in [6.07, 6.45) is 1.50. The zero-order chi connectivity index (χ0) is 12.3. The van der Waals surface area contributed by atoms with Crippen LogP contribution in [0.25, 0.3) is 0 Å². The molecule has 0 bridgehead atoms. The number of rotatable bonds is 4. The van der Waals surface area contributed by atoms with Crippen LogP contribution in [0.5, 0.6) is 0 Å². The number of hydrogen-bond donors (Lipinski definition) is 2. The largest absolute Gasteiger partial charge is 0.331 e. The second-order valence-electron chi connectivity index (χ2n) is 3.44. The Bertz CT molecular complexity index is 433. The molecule has 9 heteroatoms. The number of amides is 2. The molecule has 1 aromatic rings. The third-order valence-corrected chi connectivity index (χ3v) is 3.24. The number of nitrogen functional groups attached to an aromatic ring is 1. The third-order valence-electron chi connectivity index (χ3n) is 2.35. The van der Waals surface area contributed by atoms with Gasteiger partial charge in [0, 0.05) is 18.8 Å². The van der Waals surface area contributed by atoms with Gasteiger partial charge in [-0.1, -0.05) is 17.0 Å². The van der Waals surface area contributed by atoms with Crippen molar-refractivity contribution < 1.29 is 9.59 Å². The minimum absolute atomic E-state index is 0.0880. The van der Waals surface area contributed by atoms with E-state index in [1.165, 1.54) is 22.6 Å². The molecule has 1 aliphatic rings. The van der Waals surface area contributed by atoms with Crippen LogP contribution in [-0.4, -0.2) is 49.9 Å². The van der Waals surface area contributed by atoms with Crippen molar-refractivity contribution in [3.05, 3.63) is 11.9 Å². The first-order valence-corrected chi connectivity index (χ1v) is 6.02. The standard InChI is InChI=1S/C8H12N6O2S/c9-10-7(15)6-5-14(12-11-6)2-1-13-3-4-17-8(13)16/h5H,1-4,9H2,(H,10,15). The fourth-order valence-corrected chi connectivity index (χ4v) is 2.29. The molecule has 2 heterocycles. The highest BCUT2D eigenvalue weighted by Gasteiger charge is 2.20. The highest BCUT2D eigenvalue weighted by molar-refractivity contribution is 8.13. The SMILES string of the molecule is NNC(=O)c1cn(CCN2CCSC2=O)nn1. The van der Waals surface area contributed by atoms with E-state index in [9.17, 15) is 9.59 Å². The van der Waals surface area contributed by atoms with Crippen LogP contribution in [-0.2, 0) is 6.54 Å². The van der Waals surface area contributed by atoms with Gasteiger partial charge in [0.05, 0.1) is 12.7 Å². The molecule has 1 fully saturated rings. The summed E-state index contributed by atoms with van der Waals surface area (Å²) in [4.78, 5) is 24.2. The lowest BCUT2D eigenvalue weighted by atomic mass is 10.4. The number of hydrazine groups is 1. The number of thioether (sulfide) groups is 1. The average molecular weight is 256 g/mol. The predicted molar refractivity (Wildman–Crippen MR) is 61.1 cm³/mol. The van der Waals surface area contributed by atoms with Crippen LogP contribution in [0, 0.1) is 0 Å². The summed E-state index contributed by atoms with van der Waals surface area (Å²) in [5, 5.41) is 7.53. The molecule has 17 heavy (non-hydrogen) atoms. The third kappa shape index (κ3) is 2.74. The molecule has 1 saturated heterocycles. The van der Waals surface area contributed by atoms with E-state index in [1.54, 1.807) is 4.90 Å². The molecule has 8 nitrogen and oxygen atoms in total. The van der Waals surface area contributed by atoms with E-state index in [4.69, 9.17) is 5.84 Å². The number of nitrogens with one attached hydrogen (secondary N) is 1. The number of aromatic nitrogens is 3. The molecule has 2 rings (SSSR count). The van der Waals surface area contributed by atoms with Crippen LogP contribution in [0.15, 0.2) is 6.20 Å². The molecule has 0 spiro atoms. The Morgan fingerprint density at radius 1 is 1.59 bits per heavy atom. The van der Waals surface area contributed by atoms with Gasteiger partial charge >= 0.3 is 0 Å². The van der Waals surface area contributed by atoms with Crippen molar-refractivity contribution in [1.29, 1.82) is 0 Å². The molecule has 92 valence electrons. The molecule has 0 saturated carbocycles. The Labute approximate surface area is 101 Å². The number of nitrogens with zero attached hydrogens (tertiary/aromatic N) is 4. The van der Waals surface area contributed by atoms with E-state index in [0.717, 1.165) is 12.3 Å². The molecule has 0 aliphatic carbocycles. The zero-order valence-corrected chi connectivity index (χ0v) is 9.81. The van der Waals surface area contributed by atoms with Crippen molar-refractivity contribution in [1.82, 2.24) is 25.3 Å². The van der Waals surface area contributed by atoms with Crippen LogP contribution in [0.3, 0.4) is 0 Å². The van der Waals surface area contributed by atoms with Gasteiger partial charge in [-0.15, -0.1) is 5.10 Å². The Kier molecular flexibility index (Phi) is 3.59. The van der Waals surface area contributed by atoms with Crippen molar-refractivity contribution in [2.45, 2.75) is 6.54 Å². The van der Waals surface area contributed by atoms with Crippen molar-refractivity contribution in [2.75, 3.05) is 18.8 Å². The van der Waals surface area contributed by atoms with Gasteiger partial charge in [-0.25, -0.2) is 10.5 Å². The van der Waals surface area contributed by atoms with E-state index in [1.807, 2.05) is 5.43 Å². The van der Waals surface area contributed by atoms with E-state index < -0.39 is 5.91 Å². The fourth-order valence-electron chi connectivity index (χ4n) is 1.44. The van der Waals surface area contributed by atoms with Crippen LogP contribution in [0.4, 0.5) is 4.79 Å². The molecule has 0 radical (unpaired) electrons. The topological polar surface area (TPSA) is 106 Å². The Morgan fingerprint density at radius 3 is 3.06 bits per heavy atom. The van der Waals surface area contributed by atoms with E-state index >= 15 is 0 Å². The van der Waals surface area contributed by atoms with Gasteiger partial charge < -0.3 is 4.90 Å². The molecule has 1 aromatic heterocycles. The number of carbonyl (C=O) groups is 2. The van der Waals surface area contributed by atoms with E-state index in [0.29, 0.717) is 13.1 Å². The second-order valence-corrected chi connectivity index (χ2v) is 4.49. The maximum atomic E-state index is 11.3. The first-order valence-electron chi connectivity index (χ1n) is 5.03. The van der Waals surface area contributed by atoms with Crippen LogP contribution in [0.2, 0.25) is 0 Å². The molecule has 3 N–H and O–H groups in total. The van der Waals surface area contributed by atoms with E-state index in [2.05, 4.69) is 10.3 Å². The first kappa shape index (κ1) is 11.9. The van der Waals surface area contributed by atoms with Gasteiger partial charge in [0.25, 0.3) is 11.1 Å². The molecule has 0 aromatic carbocycles. The fraction of sp³-hybridized carbons (Fsp3) is 0.500. The normalized spacial score (nSPS) is 15.4. The number of hydrogen-bond acceptors (Lipinski definition) is 6. The van der Waals surface area contributed by atoms with Crippen LogP contribution < -0.4 is 11.3 Å². The average Bonchev–Trinajstić information content (AvgIpc) is 2.94. The lowest BCUT2D eigenvalue weighted by Gasteiger charge is -2.13. The Morgan fingerprint density at radius 2 is 2.41 bits per heavy atom. The lowest BCUT2D eigenvalue weighted by Crippen LogP contribution is -2.30. The highest BCUT2D eigenvalue weighted by Crippen LogP contribution is 2.16. The van der Waals surface area contributed by atoms with Crippen LogP contribution >= 0.6 is 11.8 Å². The zero-order valence-electron chi connectivity index (χ0n) is 9.00. The second kappa shape index (κ2) is 5.15. The van der Waals surface area contributed by atoms with Gasteiger partial charge in [0.15, 0.2) is 5.69 Å². The summed E-state index contributed by atoms with van der Waals surface area (Å²) in [5.74, 6) is 5.32. The predicted octanol–water partition coefficient (Wildman–Crippen LogP) is -0.950. The van der Waals surface area contributed by atoms with Gasteiger partial charge in [-0.3, -0.25) is 15.0 Å². The summed E-state index contributed by atoms with van der Waals surface area (Å²) in [6, 6.07) is 0. The molecule has 2 amide bonds. The minimum Gasteiger partial charge on any atom is -0.331 e. The van der Waals surface area contributed by atoms with Gasteiger partial charge in [-0.05, 0) is 0 Å². The summed E-state index contributed by atoms with van der Waals surface area (Å²) in [6.45, 7) is 1.84. The number of nitrogens with two attached hydrogens (primary N) is 1. The monoisotopic (exact) mass is 256 g/mol. The van der Waals surface area contributed by atoms with Crippen molar-refractivity contribution in [3.8, 4) is 0 Å².